The van der Waals surface area contributed by atoms with Gasteiger partial charge in [-0.2, -0.15) is 0 Å². The van der Waals surface area contributed by atoms with Crippen LogP contribution in [-0.4, -0.2) is 29.7 Å². The molecule has 1 amide bonds. The average molecular weight is 265 g/mol. The number of hydrogen-bond acceptors (Lipinski definition) is 3. The third kappa shape index (κ3) is 6.01. The smallest absolute Gasteiger partial charge is 0.332 e. The lowest BCUT2D eigenvalue weighted by atomic mass is 10.2. The maximum atomic E-state index is 11.6. The standard InChI is InChI=1S/C14H19NO4/c1-10-5-3-6-12(9-10)15-13(16)7-4-8-19-11(2)14(17)18/h3,5-6,9,11H,4,7-8H2,1-2H3,(H,15,16)(H,17,18). The number of carbonyl (C=O) groups is 2. The monoisotopic (exact) mass is 265 g/mol. The number of amides is 1. The van der Waals surface area contributed by atoms with Gasteiger partial charge in [0.25, 0.3) is 0 Å². The molecule has 5 nitrogen and oxygen atoms in total. The summed E-state index contributed by atoms with van der Waals surface area (Å²) >= 11 is 0. The first kappa shape index (κ1) is 15.2. The Morgan fingerprint density at radius 1 is 1.42 bits per heavy atom. The largest absolute Gasteiger partial charge is 0.479 e. The molecule has 1 rings (SSSR count). The van der Waals surface area contributed by atoms with Crippen molar-refractivity contribution in [2.75, 3.05) is 11.9 Å². The third-order valence-electron chi connectivity index (χ3n) is 2.57. The Morgan fingerprint density at radius 3 is 2.79 bits per heavy atom. The second kappa shape index (κ2) is 7.53. The summed E-state index contributed by atoms with van der Waals surface area (Å²) in [5.74, 6) is -1.10. The summed E-state index contributed by atoms with van der Waals surface area (Å²) in [4.78, 5) is 22.1. The van der Waals surface area contributed by atoms with E-state index in [1.165, 1.54) is 6.92 Å². The number of carboxylic acid groups (broad SMARTS) is 1. The molecule has 0 aliphatic rings. The van der Waals surface area contributed by atoms with Crippen molar-refractivity contribution >= 4 is 17.6 Å². The minimum atomic E-state index is -0.996. The number of hydrogen-bond donors (Lipinski definition) is 2. The van der Waals surface area contributed by atoms with Crippen molar-refractivity contribution in [3.8, 4) is 0 Å². The van der Waals surface area contributed by atoms with E-state index in [1.807, 2.05) is 31.2 Å². The number of nitrogens with one attached hydrogen (secondary N) is 1. The zero-order chi connectivity index (χ0) is 14.3. The molecule has 0 aliphatic carbocycles. The molecule has 104 valence electrons. The molecule has 0 heterocycles. The lowest BCUT2D eigenvalue weighted by molar-refractivity contribution is -0.149. The Balaban J connectivity index is 2.23. The number of benzene rings is 1. The van der Waals surface area contributed by atoms with Crippen molar-refractivity contribution in [1.29, 1.82) is 0 Å². The number of ether oxygens (including phenoxy) is 1. The van der Waals surface area contributed by atoms with E-state index in [2.05, 4.69) is 5.32 Å². The Morgan fingerprint density at radius 2 is 2.16 bits per heavy atom. The topological polar surface area (TPSA) is 75.6 Å². The highest BCUT2D eigenvalue weighted by Crippen LogP contribution is 2.10. The van der Waals surface area contributed by atoms with E-state index in [0.717, 1.165) is 11.3 Å². The molecule has 0 aliphatic heterocycles. The van der Waals surface area contributed by atoms with E-state index in [0.29, 0.717) is 12.8 Å². The first-order valence-corrected chi connectivity index (χ1v) is 6.20. The van der Waals surface area contributed by atoms with Gasteiger partial charge in [0.05, 0.1) is 0 Å². The summed E-state index contributed by atoms with van der Waals surface area (Å²) in [6.45, 7) is 3.68. The van der Waals surface area contributed by atoms with Gasteiger partial charge in [-0.3, -0.25) is 4.79 Å². The van der Waals surface area contributed by atoms with Crippen LogP contribution in [-0.2, 0) is 14.3 Å². The molecule has 1 aromatic rings. The second-order valence-corrected chi connectivity index (χ2v) is 4.37. The number of aliphatic carboxylic acids is 1. The van der Waals surface area contributed by atoms with Gasteiger partial charge < -0.3 is 15.2 Å². The van der Waals surface area contributed by atoms with Crippen LogP contribution in [0.15, 0.2) is 24.3 Å². The van der Waals surface area contributed by atoms with Crippen molar-refractivity contribution < 1.29 is 19.4 Å². The van der Waals surface area contributed by atoms with Crippen molar-refractivity contribution in [2.45, 2.75) is 32.8 Å². The molecule has 5 heteroatoms. The zero-order valence-electron chi connectivity index (χ0n) is 11.2. The Labute approximate surface area is 112 Å². The highest BCUT2D eigenvalue weighted by Gasteiger charge is 2.10. The molecule has 0 fully saturated rings. The highest BCUT2D eigenvalue weighted by molar-refractivity contribution is 5.90. The molecule has 0 bridgehead atoms. The molecular weight excluding hydrogens is 246 g/mol. The van der Waals surface area contributed by atoms with Gasteiger partial charge in [0.15, 0.2) is 6.10 Å². The van der Waals surface area contributed by atoms with Crippen LogP contribution in [0, 0.1) is 6.92 Å². The number of aryl methyl sites for hydroxylation is 1. The maximum absolute atomic E-state index is 11.6. The molecule has 19 heavy (non-hydrogen) atoms. The van der Waals surface area contributed by atoms with Gasteiger partial charge in [0, 0.05) is 18.7 Å². The van der Waals surface area contributed by atoms with Gasteiger partial charge in [-0.05, 0) is 38.0 Å². The van der Waals surface area contributed by atoms with Crippen molar-refractivity contribution in [1.82, 2.24) is 0 Å². The molecular formula is C14H19NO4. The number of rotatable bonds is 7. The molecule has 1 atom stereocenters. The molecule has 0 saturated heterocycles. The SMILES string of the molecule is Cc1cccc(NC(=O)CCCOC(C)C(=O)O)c1. The quantitative estimate of drug-likeness (QED) is 0.741. The summed E-state index contributed by atoms with van der Waals surface area (Å²) in [5, 5.41) is 11.4. The fourth-order valence-corrected chi connectivity index (χ4v) is 1.51. The maximum Gasteiger partial charge on any atom is 0.332 e. The zero-order valence-corrected chi connectivity index (χ0v) is 11.2. The molecule has 0 aromatic heterocycles. The molecule has 2 N–H and O–H groups in total. The average Bonchev–Trinajstić information content (AvgIpc) is 2.34. The van der Waals surface area contributed by atoms with Crippen molar-refractivity contribution in [2.24, 2.45) is 0 Å². The van der Waals surface area contributed by atoms with Crippen LogP contribution in [0.25, 0.3) is 0 Å². The van der Waals surface area contributed by atoms with E-state index >= 15 is 0 Å². The number of carboxylic acids is 1. The first-order valence-electron chi connectivity index (χ1n) is 6.20. The van der Waals surface area contributed by atoms with Crippen LogP contribution in [0.2, 0.25) is 0 Å². The Hall–Kier alpha value is -1.88. The summed E-state index contributed by atoms with van der Waals surface area (Å²) in [6.07, 6.45) is -0.0323. The van der Waals surface area contributed by atoms with E-state index < -0.39 is 12.1 Å². The molecule has 0 spiro atoms. The lowest BCUT2D eigenvalue weighted by Gasteiger charge is -2.08. The van der Waals surface area contributed by atoms with Crippen molar-refractivity contribution in [3.05, 3.63) is 29.8 Å². The summed E-state index contributed by atoms with van der Waals surface area (Å²) in [6, 6.07) is 7.55. The number of anilines is 1. The molecule has 1 unspecified atom stereocenters. The first-order chi connectivity index (χ1) is 8.99. The summed E-state index contributed by atoms with van der Waals surface area (Å²) < 4.78 is 5.04. The van der Waals surface area contributed by atoms with Crippen LogP contribution in [0.1, 0.15) is 25.3 Å². The molecule has 1 aromatic carbocycles. The Kier molecular flexibility index (Phi) is 6.02. The normalized spacial score (nSPS) is 11.9. The van der Waals surface area contributed by atoms with Gasteiger partial charge in [0.2, 0.25) is 5.91 Å². The Bertz CT molecular complexity index is 445. The second-order valence-electron chi connectivity index (χ2n) is 4.37. The minimum Gasteiger partial charge on any atom is -0.479 e. The molecule has 0 saturated carbocycles. The predicted molar refractivity (Wildman–Crippen MR) is 72.1 cm³/mol. The summed E-state index contributed by atoms with van der Waals surface area (Å²) in [7, 11) is 0. The van der Waals surface area contributed by atoms with Crippen LogP contribution in [0.4, 0.5) is 5.69 Å². The van der Waals surface area contributed by atoms with E-state index in [9.17, 15) is 9.59 Å². The van der Waals surface area contributed by atoms with Gasteiger partial charge in [-0.1, -0.05) is 12.1 Å². The fourth-order valence-electron chi connectivity index (χ4n) is 1.51. The third-order valence-corrected chi connectivity index (χ3v) is 2.57. The van der Waals surface area contributed by atoms with Crippen molar-refractivity contribution in [3.63, 3.8) is 0 Å². The minimum absolute atomic E-state index is 0.0998. The van der Waals surface area contributed by atoms with E-state index in [1.54, 1.807) is 0 Å². The van der Waals surface area contributed by atoms with Gasteiger partial charge in [-0.25, -0.2) is 4.79 Å². The highest BCUT2D eigenvalue weighted by atomic mass is 16.5. The van der Waals surface area contributed by atoms with Crippen LogP contribution in [0.5, 0.6) is 0 Å². The van der Waals surface area contributed by atoms with Crippen LogP contribution >= 0.6 is 0 Å². The summed E-state index contributed by atoms with van der Waals surface area (Å²) in [5.41, 5.74) is 1.85. The van der Waals surface area contributed by atoms with Crippen LogP contribution in [0.3, 0.4) is 0 Å². The van der Waals surface area contributed by atoms with E-state index in [4.69, 9.17) is 9.84 Å². The van der Waals surface area contributed by atoms with Gasteiger partial charge in [-0.15, -0.1) is 0 Å². The van der Waals surface area contributed by atoms with Gasteiger partial charge >= 0.3 is 5.97 Å². The fraction of sp³-hybridized carbons (Fsp3) is 0.429. The van der Waals surface area contributed by atoms with E-state index in [-0.39, 0.29) is 12.5 Å². The predicted octanol–water partition coefficient (Wildman–Crippen LogP) is 2.20. The lowest BCUT2D eigenvalue weighted by Crippen LogP contribution is -2.21. The van der Waals surface area contributed by atoms with Gasteiger partial charge in [0.1, 0.15) is 0 Å². The van der Waals surface area contributed by atoms with Crippen LogP contribution < -0.4 is 5.32 Å². The molecule has 0 radical (unpaired) electrons. The number of carbonyl (C=O) groups excluding carboxylic acids is 1.